The van der Waals surface area contributed by atoms with Gasteiger partial charge in [0.05, 0.1) is 5.54 Å². The molecule has 3 rings (SSSR count). The molecule has 0 spiro atoms. The van der Waals surface area contributed by atoms with Gasteiger partial charge in [-0.05, 0) is 45.4 Å². The van der Waals surface area contributed by atoms with Gasteiger partial charge in [-0.2, -0.15) is 0 Å². The Hall–Kier alpha value is -1.14. The molecule has 142 valence electrons. The van der Waals surface area contributed by atoms with Crippen molar-refractivity contribution in [2.24, 2.45) is 5.92 Å². The van der Waals surface area contributed by atoms with Gasteiger partial charge in [0.15, 0.2) is 5.60 Å². The number of rotatable bonds is 4. The Balaban J connectivity index is 1.67. The fourth-order valence-electron chi connectivity index (χ4n) is 4.60. The van der Waals surface area contributed by atoms with Crippen molar-refractivity contribution in [2.45, 2.75) is 69.9 Å². The average molecular weight is 351 g/mol. The van der Waals surface area contributed by atoms with E-state index in [0.717, 1.165) is 19.5 Å². The van der Waals surface area contributed by atoms with Crippen LogP contribution in [-0.2, 0) is 9.59 Å². The number of carbonyl (C=O) groups is 2. The fourth-order valence-corrected chi connectivity index (χ4v) is 4.60. The van der Waals surface area contributed by atoms with Crippen molar-refractivity contribution in [3.8, 4) is 0 Å². The summed E-state index contributed by atoms with van der Waals surface area (Å²) in [5, 5.41) is 14.0. The molecule has 6 nitrogen and oxygen atoms in total. The zero-order valence-electron chi connectivity index (χ0n) is 15.7. The predicted molar refractivity (Wildman–Crippen MR) is 96.0 cm³/mol. The Morgan fingerprint density at radius 2 is 1.84 bits per heavy atom. The number of piperidine rings is 1. The minimum absolute atomic E-state index is 0.0373. The normalized spacial score (nSPS) is 31.9. The molecule has 0 aromatic heterocycles. The summed E-state index contributed by atoms with van der Waals surface area (Å²) < 4.78 is 0. The Bertz CT molecular complexity index is 516. The Morgan fingerprint density at radius 1 is 1.12 bits per heavy atom. The smallest absolute Gasteiger partial charge is 0.255 e. The molecule has 2 aliphatic heterocycles. The Labute approximate surface area is 150 Å². The summed E-state index contributed by atoms with van der Waals surface area (Å²) >= 11 is 0. The number of nitrogens with one attached hydrogen (secondary N) is 1. The average Bonchev–Trinajstić information content (AvgIpc) is 2.58. The highest BCUT2D eigenvalue weighted by molar-refractivity contribution is 5.88. The van der Waals surface area contributed by atoms with Crippen LogP contribution in [0, 0.1) is 5.92 Å². The van der Waals surface area contributed by atoms with Crippen LogP contribution in [0.4, 0.5) is 0 Å². The maximum absolute atomic E-state index is 13.0. The van der Waals surface area contributed by atoms with Crippen molar-refractivity contribution in [1.29, 1.82) is 0 Å². The molecule has 1 unspecified atom stereocenters. The molecular formula is C19H33N3O3. The molecule has 3 fully saturated rings. The number of β-amino-alcohol motifs (C(OH)–C–C–N with tert-alkyl or cyclic N) is 1. The lowest BCUT2D eigenvalue weighted by molar-refractivity contribution is -0.164. The summed E-state index contributed by atoms with van der Waals surface area (Å²) in [6.45, 7) is 6.73. The fraction of sp³-hybridized carbons (Fsp3) is 0.895. The molecule has 3 aliphatic rings. The maximum atomic E-state index is 13.0. The number of piperazine rings is 1. The van der Waals surface area contributed by atoms with E-state index in [1.165, 1.54) is 32.1 Å². The quantitative estimate of drug-likeness (QED) is 0.796. The van der Waals surface area contributed by atoms with Crippen molar-refractivity contribution in [2.75, 3.05) is 32.7 Å². The van der Waals surface area contributed by atoms with Gasteiger partial charge >= 0.3 is 0 Å². The van der Waals surface area contributed by atoms with Crippen molar-refractivity contribution in [1.82, 2.24) is 15.1 Å². The third-order valence-electron chi connectivity index (χ3n) is 6.37. The molecule has 25 heavy (non-hydrogen) atoms. The van der Waals surface area contributed by atoms with E-state index in [9.17, 15) is 14.7 Å². The summed E-state index contributed by atoms with van der Waals surface area (Å²) in [5.74, 6) is 0.410. The van der Waals surface area contributed by atoms with Crippen LogP contribution in [0.2, 0.25) is 0 Å². The van der Waals surface area contributed by atoms with Gasteiger partial charge < -0.3 is 15.3 Å². The molecule has 0 bridgehead atoms. The maximum Gasteiger partial charge on any atom is 0.255 e. The number of hydrogen-bond donors (Lipinski definition) is 2. The minimum atomic E-state index is -1.36. The lowest BCUT2D eigenvalue weighted by Crippen LogP contribution is -2.67. The van der Waals surface area contributed by atoms with E-state index in [1.54, 1.807) is 0 Å². The molecule has 2 saturated heterocycles. The van der Waals surface area contributed by atoms with E-state index in [2.05, 4.69) is 5.32 Å². The number of aliphatic hydroxyl groups is 1. The van der Waals surface area contributed by atoms with Crippen LogP contribution in [0.25, 0.3) is 0 Å². The van der Waals surface area contributed by atoms with Crippen LogP contribution < -0.4 is 5.32 Å². The van der Waals surface area contributed by atoms with Crippen molar-refractivity contribution >= 4 is 11.8 Å². The first-order valence-corrected chi connectivity index (χ1v) is 9.88. The molecular weight excluding hydrogens is 318 g/mol. The zero-order valence-corrected chi connectivity index (χ0v) is 15.7. The number of nitrogens with zero attached hydrogens (tertiary/aromatic N) is 2. The van der Waals surface area contributed by atoms with Crippen molar-refractivity contribution < 1.29 is 14.7 Å². The summed E-state index contributed by atoms with van der Waals surface area (Å²) in [6, 6.07) is 0. The van der Waals surface area contributed by atoms with E-state index in [0.29, 0.717) is 25.4 Å². The predicted octanol–water partition coefficient (Wildman–Crippen LogP) is 1.13. The highest BCUT2D eigenvalue weighted by Crippen LogP contribution is 2.30. The van der Waals surface area contributed by atoms with Gasteiger partial charge in [0.25, 0.3) is 5.91 Å². The largest absolute Gasteiger partial charge is 0.379 e. The van der Waals surface area contributed by atoms with Gasteiger partial charge in [-0.25, -0.2) is 0 Å². The van der Waals surface area contributed by atoms with Crippen molar-refractivity contribution in [3.05, 3.63) is 0 Å². The molecule has 1 atom stereocenters. The minimum Gasteiger partial charge on any atom is -0.379 e. The van der Waals surface area contributed by atoms with Gasteiger partial charge in [0, 0.05) is 32.7 Å². The van der Waals surface area contributed by atoms with Gasteiger partial charge in [0.2, 0.25) is 5.91 Å². The number of likely N-dealkylation sites (tertiary alicyclic amines) is 1. The van der Waals surface area contributed by atoms with Gasteiger partial charge in [-0.3, -0.25) is 14.5 Å². The third-order valence-corrected chi connectivity index (χ3v) is 6.37. The Morgan fingerprint density at radius 3 is 2.56 bits per heavy atom. The standard InChI is InChI=1S/C19H33N3O3/c1-18(2)16(23)20-10-12-22(18)14-19(25)9-6-11-21(17(19)24)13-15-7-4-3-5-8-15/h15,25H,3-14H2,1-2H3,(H,20,23). The molecule has 0 aromatic carbocycles. The molecule has 1 saturated carbocycles. The second-order valence-electron chi connectivity index (χ2n) is 8.63. The van der Waals surface area contributed by atoms with Crippen LogP contribution in [0.3, 0.4) is 0 Å². The topological polar surface area (TPSA) is 72.9 Å². The number of amides is 2. The SMILES string of the molecule is CC1(C)C(=O)NCCN1CC1(O)CCCN(CC2CCCCC2)C1=O. The van der Waals surface area contributed by atoms with E-state index in [-0.39, 0.29) is 18.4 Å². The van der Waals surface area contributed by atoms with E-state index in [1.807, 2.05) is 23.6 Å². The zero-order chi connectivity index (χ0) is 18.1. The summed E-state index contributed by atoms with van der Waals surface area (Å²) in [6.07, 6.45) is 7.53. The Kier molecular flexibility index (Phi) is 5.40. The van der Waals surface area contributed by atoms with Crippen LogP contribution in [0.5, 0.6) is 0 Å². The lowest BCUT2D eigenvalue weighted by atomic mass is 9.85. The lowest BCUT2D eigenvalue weighted by Gasteiger charge is -2.47. The second-order valence-corrected chi connectivity index (χ2v) is 8.63. The molecule has 0 aromatic rings. The summed E-state index contributed by atoms with van der Waals surface area (Å²) in [4.78, 5) is 29.0. The highest BCUT2D eigenvalue weighted by atomic mass is 16.3. The first kappa shape index (κ1) is 18.6. The van der Waals surface area contributed by atoms with Gasteiger partial charge in [-0.15, -0.1) is 0 Å². The monoisotopic (exact) mass is 351 g/mol. The number of hydrogen-bond acceptors (Lipinski definition) is 4. The summed E-state index contributed by atoms with van der Waals surface area (Å²) in [7, 11) is 0. The number of carbonyl (C=O) groups excluding carboxylic acids is 2. The molecule has 2 amide bonds. The van der Waals surface area contributed by atoms with E-state index < -0.39 is 11.1 Å². The van der Waals surface area contributed by atoms with Crippen LogP contribution in [0.15, 0.2) is 0 Å². The first-order chi connectivity index (χ1) is 11.8. The van der Waals surface area contributed by atoms with Crippen LogP contribution in [0.1, 0.15) is 58.8 Å². The third kappa shape index (κ3) is 3.85. The van der Waals surface area contributed by atoms with E-state index >= 15 is 0 Å². The highest BCUT2D eigenvalue weighted by Gasteiger charge is 2.48. The molecule has 0 radical (unpaired) electrons. The molecule has 1 aliphatic carbocycles. The first-order valence-electron chi connectivity index (χ1n) is 9.88. The second kappa shape index (κ2) is 7.23. The van der Waals surface area contributed by atoms with Gasteiger partial charge in [-0.1, -0.05) is 19.3 Å². The molecule has 2 N–H and O–H groups in total. The van der Waals surface area contributed by atoms with Crippen LogP contribution in [-0.4, -0.2) is 70.6 Å². The van der Waals surface area contributed by atoms with Crippen molar-refractivity contribution in [3.63, 3.8) is 0 Å². The van der Waals surface area contributed by atoms with Gasteiger partial charge in [0.1, 0.15) is 0 Å². The molecule has 6 heteroatoms. The van der Waals surface area contributed by atoms with E-state index in [4.69, 9.17) is 0 Å². The van der Waals surface area contributed by atoms with Crippen LogP contribution >= 0.6 is 0 Å². The summed E-state index contributed by atoms with van der Waals surface area (Å²) in [5.41, 5.74) is -2.05. The molecule has 2 heterocycles.